The van der Waals surface area contributed by atoms with Crippen LogP contribution in [0, 0.1) is 12.3 Å². The van der Waals surface area contributed by atoms with Gasteiger partial charge >= 0.3 is 12.1 Å². The number of ether oxygens (including phenoxy) is 1. The maximum Gasteiger partial charge on any atom is 0.407 e. The minimum Gasteiger partial charge on any atom is -0.477 e. The van der Waals surface area contributed by atoms with Gasteiger partial charge in [0.1, 0.15) is 24.0 Å². The highest BCUT2D eigenvalue weighted by molar-refractivity contribution is 6.01. The fourth-order valence-corrected chi connectivity index (χ4v) is 4.06. The topological polar surface area (TPSA) is 123 Å². The number of anilines is 1. The average Bonchev–Trinajstić information content (AvgIpc) is 3.35. The van der Waals surface area contributed by atoms with Crippen LogP contribution in [-0.4, -0.2) is 45.5 Å². The third kappa shape index (κ3) is 4.34. The molecule has 2 aromatic carbocycles. The molecule has 34 heavy (non-hydrogen) atoms. The van der Waals surface area contributed by atoms with Gasteiger partial charge in [0.2, 0.25) is 5.91 Å². The highest BCUT2D eigenvalue weighted by Gasteiger charge is 2.30. The van der Waals surface area contributed by atoms with Crippen LogP contribution in [0.1, 0.15) is 33.8 Å². The number of aromatic carboxylic acids is 1. The second-order valence-corrected chi connectivity index (χ2v) is 7.76. The summed E-state index contributed by atoms with van der Waals surface area (Å²) in [5.41, 5.74) is 4.14. The Labute approximate surface area is 195 Å². The van der Waals surface area contributed by atoms with Crippen molar-refractivity contribution in [1.82, 2.24) is 15.1 Å². The SMILES string of the molecule is C#CCC(NC(=O)OCC1c2ccccc2-c2ccccc21)C(=O)Nc1c(C(=O)O)cnn1C. The zero-order valence-corrected chi connectivity index (χ0v) is 18.3. The van der Waals surface area contributed by atoms with Crippen molar-refractivity contribution >= 4 is 23.8 Å². The number of amides is 2. The van der Waals surface area contributed by atoms with Crippen LogP contribution in [0.5, 0.6) is 0 Å². The molecule has 9 nitrogen and oxygen atoms in total. The summed E-state index contributed by atoms with van der Waals surface area (Å²) in [4.78, 5) is 36.7. The van der Waals surface area contributed by atoms with Crippen LogP contribution < -0.4 is 10.6 Å². The van der Waals surface area contributed by atoms with E-state index in [0.29, 0.717) is 0 Å². The lowest BCUT2D eigenvalue weighted by molar-refractivity contribution is -0.118. The number of nitrogens with zero attached hydrogens (tertiary/aromatic N) is 2. The number of rotatable bonds is 7. The van der Waals surface area contributed by atoms with Crippen molar-refractivity contribution in [2.24, 2.45) is 7.05 Å². The molecular weight excluding hydrogens is 436 g/mol. The third-order valence-electron chi connectivity index (χ3n) is 5.68. The Morgan fingerprint density at radius 1 is 1.15 bits per heavy atom. The smallest absolute Gasteiger partial charge is 0.407 e. The molecule has 1 unspecified atom stereocenters. The van der Waals surface area contributed by atoms with E-state index in [1.807, 2.05) is 48.5 Å². The highest BCUT2D eigenvalue weighted by Crippen LogP contribution is 2.44. The van der Waals surface area contributed by atoms with E-state index in [4.69, 9.17) is 11.2 Å². The van der Waals surface area contributed by atoms with E-state index in [1.165, 1.54) is 11.7 Å². The van der Waals surface area contributed by atoms with Gasteiger partial charge in [-0.25, -0.2) is 9.59 Å². The lowest BCUT2D eigenvalue weighted by Crippen LogP contribution is -2.44. The number of benzene rings is 2. The van der Waals surface area contributed by atoms with E-state index in [9.17, 15) is 19.5 Å². The summed E-state index contributed by atoms with van der Waals surface area (Å²) in [7, 11) is 1.48. The molecule has 0 saturated heterocycles. The van der Waals surface area contributed by atoms with Gasteiger partial charge in [-0.15, -0.1) is 12.3 Å². The lowest BCUT2D eigenvalue weighted by atomic mass is 9.98. The van der Waals surface area contributed by atoms with E-state index in [2.05, 4.69) is 21.7 Å². The number of nitrogens with one attached hydrogen (secondary N) is 2. The quantitative estimate of drug-likeness (QED) is 0.468. The monoisotopic (exact) mass is 458 g/mol. The third-order valence-corrected chi connectivity index (χ3v) is 5.68. The van der Waals surface area contributed by atoms with Gasteiger partial charge in [0, 0.05) is 19.4 Å². The molecule has 0 spiro atoms. The van der Waals surface area contributed by atoms with Crippen LogP contribution in [0.4, 0.5) is 10.6 Å². The van der Waals surface area contributed by atoms with Crippen LogP contribution in [0.3, 0.4) is 0 Å². The standard InChI is InChI=1S/C25H22N4O5/c1-3-8-21(23(30)28-22-19(24(31)32)13-26-29(22)2)27-25(33)34-14-20-17-11-6-4-9-15(17)16-10-5-7-12-18(16)20/h1,4-7,9-13,20-21H,8,14H2,2H3,(H,27,33)(H,28,30)(H,31,32). The predicted octanol–water partition coefficient (Wildman–Crippen LogP) is 2.99. The zero-order chi connectivity index (χ0) is 24.2. The van der Waals surface area contributed by atoms with E-state index in [1.54, 1.807) is 0 Å². The van der Waals surface area contributed by atoms with Crippen molar-refractivity contribution in [3.8, 4) is 23.5 Å². The predicted molar refractivity (Wildman–Crippen MR) is 124 cm³/mol. The average molecular weight is 458 g/mol. The van der Waals surface area contributed by atoms with Gasteiger partial charge in [0.05, 0.1) is 6.20 Å². The molecule has 1 atom stereocenters. The Balaban J connectivity index is 1.43. The molecule has 1 aliphatic carbocycles. The largest absolute Gasteiger partial charge is 0.477 e. The van der Waals surface area contributed by atoms with Crippen molar-refractivity contribution in [3.63, 3.8) is 0 Å². The summed E-state index contributed by atoms with van der Waals surface area (Å²) >= 11 is 0. The summed E-state index contributed by atoms with van der Waals surface area (Å²) in [5.74, 6) is 0.254. The molecule has 3 N–H and O–H groups in total. The minimum atomic E-state index is -1.25. The second kappa shape index (κ2) is 9.50. The van der Waals surface area contributed by atoms with Gasteiger partial charge in [-0.3, -0.25) is 9.48 Å². The van der Waals surface area contributed by atoms with Gasteiger partial charge < -0.3 is 20.5 Å². The summed E-state index contributed by atoms with van der Waals surface area (Å²) in [5, 5.41) is 18.0. The molecule has 0 radical (unpaired) electrons. The number of carbonyl (C=O) groups excluding carboxylic acids is 2. The maximum absolute atomic E-state index is 12.7. The Hall–Kier alpha value is -4.58. The van der Waals surface area contributed by atoms with Crippen LogP contribution >= 0.6 is 0 Å². The molecule has 4 rings (SSSR count). The molecule has 0 fully saturated rings. The molecule has 9 heteroatoms. The van der Waals surface area contributed by atoms with Crippen molar-refractivity contribution in [2.75, 3.05) is 11.9 Å². The molecule has 172 valence electrons. The number of carboxylic acids is 1. The molecule has 0 bridgehead atoms. The highest BCUT2D eigenvalue weighted by atomic mass is 16.5. The number of aryl methyl sites for hydroxylation is 1. The Morgan fingerprint density at radius 2 is 1.76 bits per heavy atom. The first-order valence-electron chi connectivity index (χ1n) is 10.5. The molecule has 2 amide bonds. The van der Waals surface area contributed by atoms with E-state index in [0.717, 1.165) is 28.5 Å². The van der Waals surface area contributed by atoms with Crippen molar-refractivity contribution in [2.45, 2.75) is 18.4 Å². The van der Waals surface area contributed by atoms with Crippen LogP contribution in [-0.2, 0) is 16.6 Å². The second-order valence-electron chi connectivity index (χ2n) is 7.76. The van der Waals surface area contributed by atoms with Gasteiger partial charge in [-0.2, -0.15) is 5.10 Å². The molecule has 0 saturated carbocycles. The Morgan fingerprint density at radius 3 is 2.35 bits per heavy atom. The van der Waals surface area contributed by atoms with Crippen LogP contribution in [0.25, 0.3) is 11.1 Å². The lowest BCUT2D eigenvalue weighted by Gasteiger charge is -2.18. The molecule has 1 heterocycles. The van der Waals surface area contributed by atoms with E-state index in [-0.39, 0.29) is 30.3 Å². The number of fused-ring (bicyclic) bond motifs is 3. The number of hydrogen-bond donors (Lipinski definition) is 3. The summed E-state index contributed by atoms with van der Waals surface area (Å²) < 4.78 is 6.69. The first-order chi connectivity index (χ1) is 16.4. The number of terminal acetylenes is 1. The maximum atomic E-state index is 12.7. The first-order valence-corrected chi connectivity index (χ1v) is 10.5. The molecule has 0 aliphatic heterocycles. The Bertz CT molecular complexity index is 1260. The Kier molecular flexibility index (Phi) is 6.32. The van der Waals surface area contributed by atoms with Crippen LogP contribution in [0.2, 0.25) is 0 Å². The number of carboxylic acid groups (broad SMARTS) is 1. The van der Waals surface area contributed by atoms with Crippen molar-refractivity contribution < 1.29 is 24.2 Å². The summed E-state index contributed by atoms with van der Waals surface area (Å²) in [6.45, 7) is 0.0785. The number of carbonyl (C=O) groups is 3. The molecule has 3 aromatic rings. The summed E-state index contributed by atoms with van der Waals surface area (Å²) in [6.07, 6.45) is 5.57. The first kappa shape index (κ1) is 22.6. The zero-order valence-electron chi connectivity index (χ0n) is 18.3. The number of hydrogen-bond acceptors (Lipinski definition) is 5. The van der Waals surface area contributed by atoms with Gasteiger partial charge in [0.15, 0.2) is 0 Å². The van der Waals surface area contributed by atoms with Crippen LogP contribution in [0.15, 0.2) is 54.7 Å². The summed E-state index contributed by atoms with van der Waals surface area (Å²) in [6, 6.07) is 14.8. The van der Waals surface area contributed by atoms with E-state index < -0.39 is 24.0 Å². The number of alkyl carbamates (subject to hydrolysis) is 1. The van der Waals surface area contributed by atoms with Gasteiger partial charge in [0.25, 0.3) is 0 Å². The fraction of sp³-hybridized carbons (Fsp3) is 0.200. The minimum absolute atomic E-state index is 0.0196. The fourth-order valence-electron chi connectivity index (χ4n) is 4.06. The normalized spacial score (nSPS) is 12.7. The van der Waals surface area contributed by atoms with Gasteiger partial charge in [-0.05, 0) is 22.3 Å². The van der Waals surface area contributed by atoms with Gasteiger partial charge in [-0.1, -0.05) is 48.5 Å². The van der Waals surface area contributed by atoms with Crippen molar-refractivity contribution in [3.05, 3.63) is 71.4 Å². The van der Waals surface area contributed by atoms with Crippen molar-refractivity contribution in [1.29, 1.82) is 0 Å². The number of aromatic nitrogens is 2. The van der Waals surface area contributed by atoms with E-state index >= 15 is 0 Å². The molecular formula is C25H22N4O5. The molecule has 1 aliphatic rings. The molecule has 1 aromatic heterocycles.